The number of fused-ring (bicyclic) bond motifs is 1. The quantitative estimate of drug-likeness (QED) is 0.927. The molecule has 1 aromatic heterocycles. The van der Waals surface area contributed by atoms with Gasteiger partial charge in [-0.25, -0.2) is 0 Å². The standard InChI is InChI=1S/C16H18N2O2/c1-2-18-15(12-5-4-8-17-11-12)13-6-3-7-14-16(13)20-10-9-19-14/h3-8,11,15,18H,2,9-10H2,1H3. The number of nitrogens with zero attached hydrogens (tertiary/aromatic N) is 1. The minimum absolute atomic E-state index is 0.0605. The van der Waals surface area contributed by atoms with Crippen molar-refractivity contribution >= 4 is 0 Å². The lowest BCUT2D eigenvalue weighted by atomic mass is 9.98. The van der Waals surface area contributed by atoms with Gasteiger partial charge in [-0.05, 0) is 24.2 Å². The molecule has 0 saturated heterocycles. The van der Waals surface area contributed by atoms with Crippen molar-refractivity contribution < 1.29 is 9.47 Å². The van der Waals surface area contributed by atoms with Crippen LogP contribution in [0.4, 0.5) is 0 Å². The zero-order chi connectivity index (χ0) is 13.8. The summed E-state index contributed by atoms with van der Waals surface area (Å²) in [5.41, 5.74) is 2.22. The molecule has 1 atom stereocenters. The molecule has 0 spiro atoms. The van der Waals surface area contributed by atoms with Gasteiger partial charge in [-0.3, -0.25) is 4.98 Å². The third-order valence-corrected chi connectivity index (χ3v) is 3.33. The first kappa shape index (κ1) is 12.9. The number of pyridine rings is 1. The summed E-state index contributed by atoms with van der Waals surface area (Å²) in [7, 11) is 0. The van der Waals surface area contributed by atoms with E-state index >= 15 is 0 Å². The molecule has 0 radical (unpaired) electrons. The van der Waals surface area contributed by atoms with E-state index in [1.807, 2.05) is 24.4 Å². The smallest absolute Gasteiger partial charge is 0.166 e. The van der Waals surface area contributed by atoms with Gasteiger partial charge in [-0.15, -0.1) is 0 Å². The fourth-order valence-corrected chi connectivity index (χ4v) is 2.48. The van der Waals surface area contributed by atoms with Crippen molar-refractivity contribution in [3.63, 3.8) is 0 Å². The minimum atomic E-state index is 0.0605. The molecule has 0 amide bonds. The van der Waals surface area contributed by atoms with Gasteiger partial charge in [0.25, 0.3) is 0 Å². The molecule has 4 nitrogen and oxygen atoms in total. The van der Waals surface area contributed by atoms with E-state index in [-0.39, 0.29) is 6.04 Å². The molecule has 2 heterocycles. The van der Waals surface area contributed by atoms with Crippen LogP contribution in [-0.2, 0) is 0 Å². The van der Waals surface area contributed by atoms with Gasteiger partial charge in [0.2, 0.25) is 0 Å². The normalized spacial score (nSPS) is 14.8. The average Bonchev–Trinajstić information content (AvgIpc) is 2.53. The Morgan fingerprint density at radius 3 is 2.90 bits per heavy atom. The molecular formula is C16H18N2O2. The lowest BCUT2D eigenvalue weighted by molar-refractivity contribution is 0.169. The first-order valence-corrected chi connectivity index (χ1v) is 6.92. The van der Waals surface area contributed by atoms with Crippen molar-refractivity contribution in [2.75, 3.05) is 19.8 Å². The van der Waals surface area contributed by atoms with E-state index in [0.717, 1.165) is 29.2 Å². The van der Waals surface area contributed by atoms with Crippen molar-refractivity contribution in [1.29, 1.82) is 0 Å². The lowest BCUT2D eigenvalue weighted by Crippen LogP contribution is -2.24. The number of aromatic nitrogens is 1. The summed E-state index contributed by atoms with van der Waals surface area (Å²) in [5.74, 6) is 1.66. The van der Waals surface area contributed by atoms with E-state index in [1.165, 1.54) is 0 Å². The summed E-state index contributed by atoms with van der Waals surface area (Å²) in [6.07, 6.45) is 3.67. The maximum absolute atomic E-state index is 5.82. The zero-order valence-electron chi connectivity index (χ0n) is 11.5. The Balaban J connectivity index is 2.04. The van der Waals surface area contributed by atoms with Gasteiger partial charge in [0.05, 0.1) is 6.04 Å². The summed E-state index contributed by atoms with van der Waals surface area (Å²) >= 11 is 0. The van der Waals surface area contributed by atoms with Crippen LogP contribution >= 0.6 is 0 Å². The summed E-state index contributed by atoms with van der Waals surface area (Å²) in [6, 6.07) is 10.1. The SMILES string of the molecule is CCNC(c1cccnc1)c1cccc2c1OCCO2. The van der Waals surface area contributed by atoms with Crippen molar-refractivity contribution in [3.8, 4) is 11.5 Å². The molecule has 1 unspecified atom stereocenters. The van der Waals surface area contributed by atoms with Crippen molar-refractivity contribution in [1.82, 2.24) is 10.3 Å². The number of ether oxygens (including phenoxy) is 2. The summed E-state index contributed by atoms with van der Waals surface area (Å²) in [5, 5.41) is 3.49. The van der Waals surface area contributed by atoms with Gasteiger partial charge in [0, 0.05) is 18.0 Å². The number of rotatable bonds is 4. The molecule has 1 N–H and O–H groups in total. The summed E-state index contributed by atoms with van der Waals surface area (Å²) in [6.45, 7) is 4.16. The summed E-state index contributed by atoms with van der Waals surface area (Å²) < 4.78 is 11.5. The van der Waals surface area contributed by atoms with E-state index in [0.29, 0.717) is 13.2 Å². The third kappa shape index (κ3) is 2.47. The predicted octanol–water partition coefficient (Wildman–Crippen LogP) is 2.55. The Morgan fingerprint density at radius 2 is 2.10 bits per heavy atom. The van der Waals surface area contributed by atoms with Gasteiger partial charge in [0.1, 0.15) is 13.2 Å². The van der Waals surface area contributed by atoms with Crippen LogP contribution in [0.2, 0.25) is 0 Å². The van der Waals surface area contributed by atoms with E-state index in [1.54, 1.807) is 6.20 Å². The van der Waals surface area contributed by atoms with E-state index in [2.05, 4.69) is 29.4 Å². The molecular weight excluding hydrogens is 252 g/mol. The van der Waals surface area contributed by atoms with Crippen LogP contribution in [0.3, 0.4) is 0 Å². The van der Waals surface area contributed by atoms with Gasteiger partial charge in [-0.2, -0.15) is 0 Å². The monoisotopic (exact) mass is 270 g/mol. The zero-order valence-corrected chi connectivity index (χ0v) is 11.5. The Kier molecular flexibility index (Phi) is 3.83. The molecule has 0 fully saturated rings. The lowest BCUT2D eigenvalue weighted by Gasteiger charge is -2.25. The van der Waals surface area contributed by atoms with Crippen LogP contribution in [0, 0.1) is 0 Å². The molecule has 1 aliphatic heterocycles. The van der Waals surface area contributed by atoms with Crippen LogP contribution in [-0.4, -0.2) is 24.7 Å². The Hall–Kier alpha value is -2.07. The van der Waals surface area contributed by atoms with Gasteiger partial charge in [-0.1, -0.05) is 25.1 Å². The van der Waals surface area contributed by atoms with Gasteiger partial charge >= 0.3 is 0 Å². The van der Waals surface area contributed by atoms with Gasteiger partial charge in [0.15, 0.2) is 11.5 Å². The number of benzene rings is 1. The second-order valence-corrected chi connectivity index (χ2v) is 4.65. The highest BCUT2D eigenvalue weighted by Gasteiger charge is 2.22. The van der Waals surface area contributed by atoms with E-state index in [4.69, 9.17) is 9.47 Å². The molecule has 1 aliphatic rings. The highest BCUT2D eigenvalue weighted by molar-refractivity contribution is 5.51. The second-order valence-electron chi connectivity index (χ2n) is 4.65. The maximum atomic E-state index is 5.82. The molecule has 1 aromatic carbocycles. The van der Waals surface area contributed by atoms with Crippen LogP contribution in [0.15, 0.2) is 42.7 Å². The largest absolute Gasteiger partial charge is 0.486 e. The highest BCUT2D eigenvalue weighted by Crippen LogP contribution is 2.38. The molecule has 0 saturated carbocycles. The first-order valence-electron chi connectivity index (χ1n) is 6.92. The van der Waals surface area contributed by atoms with Gasteiger partial charge < -0.3 is 14.8 Å². The molecule has 3 rings (SSSR count). The van der Waals surface area contributed by atoms with E-state index < -0.39 is 0 Å². The van der Waals surface area contributed by atoms with Crippen molar-refractivity contribution in [2.24, 2.45) is 0 Å². The predicted molar refractivity (Wildman–Crippen MR) is 77.2 cm³/mol. The van der Waals surface area contributed by atoms with Crippen LogP contribution < -0.4 is 14.8 Å². The Labute approximate surface area is 118 Å². The van der Waals surface area contributed by atoms with E-state index in [9.17, 15) is 0 Å². The van der Waals surface area contributed by atoms with Crippen molar-refractivity contribution in [2.45, 2.75) is 13.0 Å². The van der Waals surface area contributed by atoms with Crippen LogP contribution in [0.5, 0.6) is 11.5 Å². The Bertz CT molecular complexity index is 572. The molecule has 0 aliphatic carbocycles. The molecule has 4 heteroatoms. The fourth-order valence-electron chi connectivity index (χ4n) is 2.48. The molecule has 104 valence electrons. The molecule has 20 heavy (non-hydrogen) atoms. The topological polar surface area (TPSA) is 43.4 Å². The van der Waals surface area contributed by atoms with Crippen molar-refractivity contribution in [3.05, 3.63) is 53.9 Å². The molecule has 0 bridgehead atoms. The second kappa shape index (κ2) is 5.92. The highest BCUT2D eigenvalue weighted by atomic mass is 16.6. The van der Waals surface area contributed by atoms with Crippen LogP contribution in [0.25, 0.3) is 0 Å². The number of hydrogen-bond donors (Lipinski definition) is 1. The summed E-state index contributed by atoms with van der Waals surface area (Å²) in [4.78, 5) is 4.21. The number of hydrogen-bond acceptors (Lipinski definition) is 4. The van der Waals surface area contributed by atoms with Crippen LogP contribution in [0.1, 0.15) is 24.1 Å². The minimum Gasteiger partial charge on any atom is -0.486 e. The Morgan fingerprint density at radius 1 is 1.20 bits per heavy atom. The molecule has 2 aromatic rings. The average molecular weight is 270 g/mol. The number of para-hydroxylation sites is 1. The fraction of sp³-hybridized carbons (Fsp3) is 0.312. The first-order chi connectivity index (χ1) is 9.90. The number of nitrogens with one attached hydrogen (secondary N) is 1. The maximum Gasteiger partial charge on any atom is 0.166 e. The third-order valence-electron chi connectivity index (χ3n) is 3.33.